The van der Waals surface area contributed by atoms with Gasteiger partial charge in [-0.05, 0) is 6.07 Å². The van der Waals surface area contributed by atoms with Gasteiger partial charge in [-0.25, -0.2) is 0 Å². The quantitative estimate of drug-likeness (QED) is 0.610. The van der Waals surface area contributed by atoms with E-state index in [0.717, 1.165) is 11.8 Å². The number of hydroxylamine groups is 1. The summed E-state index contributed by atoms with van der Waals surface area (Å²) in [4.78, 5) is 32.2. The lowest BCUT2D eigenvalue weighted by Gasteiger charge is -2.13. The van der Waals surface area contributed by atoms with Gasteiger partial charge in [0.25, 0.3) is 11.8 Å². The monoisotopic (exact) mass is 350 g/mol. The smallest absolute Gasteiger partial charge is 0.284 e. The van der Waals surface area contributed by atoms with Crippen LogP contribution in [-0.4, -0.2) is 48.4 Å². The highest BCUT2D eigenvalue weighted by Gasteiger charge is 2.42. The maximum atomic E-state index is 12.7. The summed E-state index contributed by atoms with van der Waals surface area (Å²) in [6, 6.07) is 7.19. The van der Waals surface area contributed by atoms with Gasteiger partial charge in [0, 0.05) is 12.7 Å². The molecule has 2 amide bonds. The summed E-state index contributed by atoms with van der Waals surface area (Å²) < 4.78 is 5.43. The van der Waals surface area contributed by atoms with E-state index in [-0.39, 0.29) is 11.8 Å². The number of hydrogen-bond donors (Lipinski definition) is 0. The minimum atomic E-state index is -0.360. The van der Waals surface area contributed by atoms with Gasteiger partial charge in [0.15, 0.2) is 0 Å². The van der Waals surface area contributed by atoms with Crippen molar-refractivity contribution in [2.75, 3.05) is 32.4 Å². The molecule has 1 aromatic rings. The minimum absolute atomic E-state index is 0.270. The van der Waals surface area contributed by atoms with Crippen molar-refractivity contribution in [3.63, 3.8) is 0 Å². The van der Waals surface area contributed by atoms with E-state index in [1.54, 1.807) is 19.2 Å². The van der Waals surface area contributed by atoms with Crippen LogP contribution >= 0.6 is 24.0 Å². The molecular formula is C15H14N2O4S2. The fraction of sp³-hybridized carbons (Fsp3) is 0.267. The molecule has 1 fully saturated rings. The molecule has 6 nitrogen and oxygen atoms in total. The lowest BCUT2D eigenvalue weighted by Crippen LogP contribution is -2.32. The Bertz CT molecular complexity index is 732. The van der Waals surface area contributed by atoms with Crippen molar-refractivity contribution in [2.24, 2.45) is 0 Å². The number of rotatable bonds is 4. The van der Waals surface area contributed by atoms with Crippen molar-refractivity contribution in [3.8, 4) is 0 Å². The molecule has 0 aromatic heterocycles. The minimum Gasteiger partial charge on any atom is -0.383 e. The molecule has 2 aliphatic rings. The summed E-state index contributed by atoms with van der Waals surface area (Å²) >= 11 is 6.40. The van der Waals surface area contributed by atoms with Crippen LogP contribution in [0.25, 0.3) is 5.57 Å². The maximum Gasteiger partial charge on any atom is 0.284 e. The van der Waals surface area contributed by atoms with Crippen LogP contribution in [0.2, 0.25) is 0 Å². The number of anilines is 1. The molecule has 0 saturated carbocycles. The van der Waals surface area contributed by atoms with Gasteiger partial charge in [-0.1, -0.05) is 42.2 Å². The standard InChI is InChI=1S/C15H14N2O4S2/c1-20-8-7-16-14(19)12(23-15(16)22)11-9-5-3-4-6-10(9)17(21-2)13(11)18/h3-6H,7-8H2,1-2H3. The van der Waals surface area contributed by atoms with Gasteiger partial charge in [-0.3, -0.25) is 19.3 Å². The second-order valence-corrected chi connectivity index (χ2v) is 6.47. The first kappa shape index (κ1) is 16.1. The van der Waals surface area contributed by atoms with Crippen LogP contribution in [0.15, 0.2) is 29.2 Å². The maximum absolute atomic E-state index is 12.7. The molecule has 0 radical (unpaired) electrons. The summed E-state index contributed by atoms with van der Waals surface area (Å²) in [6.45, 7) is 0.742. The van der Waals surface area contributed by atoms with Crippen molar-refractivity contribution < 1.29 is 19.2 Å². The Morgan fingerprint density at radius 2 is 1.91 bits per heavy atom. The van der Waals surface area contributed by atoms with E-state index in [1.807, 2.05) is 12.1 Å². The number of amides is 2. The van der Waals surface area contributed by atoms with Crippen LogP contribution in [0.5, 0.6) is 0 Å². The number of thiocarbonyl (C=S) groups is 1. The molecule has 120 valence electrons. The molecule has 0 spiro atoms. The second kappa shape index (κ2) is 6.40. The average Bonchev–Trinajstić information content (AvgIpc) is 2.98. The van der Waals surface area contributed by atoms with Crippen molar-refractivity contribution >= 4 is 51.4 Å². The van der Waals surface area contributed by atoms with Crippen LogP contribution in [0.1, 0.15) is 5.56 Å². The van der Waals surface area contributed by atoms with Crippen molar-refractivity contribution in [1.82, 2.24) is 4.90 Å². The van der Waals surface area contributed by atoms with Crippen LogP contribution in [-0.2, 0) is 19.2 Å². The van der Waals surface area contributed by atoms with Gasteiger partial charge in [0.2, 0.25) is 0 Å². The summed E-state index contributed by atoms with van der Waals surface area (Å²) in [5, 5.41) is 1.19. The number of carbonyl (C=O) groups is 2. The van der Waals surface area contributed by atoms with E-state index >= 15 is 0 Å². The Kier molecular flexibility index (Phi) is 4.49. The van der Waals surface area contributed by atoms with Crippen molar-refractivity contribution in [3.05, 3.63) is 34.7 Å². The molecule has 0 aliphatic carbocycles. The molecule has 0 bridgehead atoms. The molecule has 3 rings (SSSR count). The topological polar surface area (TPSA) is 59.1 Å². The summed E-state index contributed by atoms with van der Waals surface area (Å²) in [5.41, 5.74) is 1.63. The Balaban J connectivity index is 2.07. The molecule has 0 atom stereocenters. The van der Waals surface area contributed by atoms with Crippen LogP contribution in [0.3, 0.4) is 0 Å². The van der Waals surface area contributed by atoms with E-state index in [0.29, 0.717) is 39.2 Å². The number of benzene rings is 1. The lowest BCUT2D eigenvalue weighted by atomic mass is 10.1. The lowest BCUT2D eigenvalue weighted by molar-refractivity contribution is -0.123. The summed E-state index contributed by atoms with van der Waals surface area (Å²) in [6.07, 6.45) is 0. The highest BCUT2D eigenvalue weighted by molar-refractivity contribution is 8.26. The predicted molar refractivity (Wildman–Crippen MR) is 91.6 cm³/mol. The number of fused-ring (bicyclic) bond motifs is 1. The first-order valence-corrected chi connectivity index (χ1v) is 8.07. The highest BCUT2D eigenvalue weighted by atomic mass is 32.2. The molecule has 1 saturated heterocycles. The fourth-order valence-electron chi connectivity index (χ4n) is 2.51. The number of para-hydroxylation sites is 1. The molecule has 0 unspecified atom stereocenters. The summed E-state index contributed by atoms with van der Waals surface area (Å²) in [7, 11) is 2.98. The first-order chi connectivity index (χ1) is 11.1. The normalized spacial score (nSPS) is 20.7. The third kappa shape index (κ3) is 2.57. The van der Waals surface area contributed by atoms with Gasteiger partial charge >= 0.3 is 0 Å². The van der Waals surface area contributed by atoms with Gasteiger partial charge in [-0.2, -0.15) is 5.06 Å². The molecular weight excluding hydrogens is 336 g/mol. The Morgan fingerprint density at radius 1 is 1.17 bits per heavy atom. The Morgan fingerprint density at radius 3 is 2.61 bits per heavy atom. The molecule has 0 N–H and O–H groups in total. The average molecular weight is 350 g/mol. The Hall–Kier alpha value is -1.74. The third-order valence-corrected chi connectivity index (χ3v) is 5.02. The highest BCUT2D eigenvalue weighted by Crippen LogP contribution is 2.44. The van der Waals surface area contributed by atoms with Crippen LogP contribution in [0.4, 0.5) is 5.69 Å². The van der Waals surface area contributed by atoms with E-state index in [9.17, 15) is 9.59 Å². The number of ether oxygens (including phenoxy) is 1. The zero-order chi connectivity index (χ0) is 16.6. The van der Waals surface area contributed by atoms with Gasteiger partial charge < -0.3 is 4.74 Å². The molecule has 23 heavy (non-hydrogen) atoms. The first-order valence-electron chi connectivity index (χ1n) is 6.85. The van der Waals surface area contributed by atoms with Crippen LogP contribution in [0, 0.1) is 0 Å². The van der Waals surface area contributed by atoms with Gasteiger partial charge in [-0.15, -0.1) is 0 Å². The number of carbonyl (C=O) groups excluding carboxylic acids is 2. The van der Waals surface area contributed by atoms with E-state index in [4.69, 9.17) is 21.8 Å². The number of methoxy groups -OCH3 is 1. The van der Waals surface area contributed by atoms with Gasteiger partial charge in [0.05, 0.1) is 36.4 Å². The molecule has 2 aliphatic heterocycles. The summed E-state index contributed by atoms with van der Waals surface area (Å²) in [5.74, 6) is -0.630. The fourth-order valence-corrected chi connectivity index (χ4v) is 3.89. The second-order valence-electron chi connectivity index (χ2n) is 4.82. The van der Waals surface area contributed by atoms with E-state index in [2.05, 4.69) is 0 Å². The largest absolute Gasteiger partial charge is 0.383 e. The SMILES string of the molecule is COCCN1C(=O)C(=C2C(=O)N(OC)c3ccccc32)SC1=S. The van der Waals surface area contributed by atoms with E-state index in [1.165, 1.54) is 17.1 Å². The van der Waals surface area contributed by atoms with Crippen LogP contribution < -0.4 is 5.06 Å². The zero-order valence-electron chi connectivity index (χ0n) is 12.6. The van der Waals surface area contributed by atoms with Crippen molar-refractivity contribution in [2.45, 2.75) is 0 Å². The zero-order valence-corrected chi connectivity index (χ0v) is 14.2. The predicted octanol–water partition coefficient (Wildman–Crippen LogP) is 1.81. The molecule has 8 heteroatoms. The van der Waals surface area contributed by atoms with Gasteiger partial charge in [0.1, 0.15) is 4.32 Å². The van der Waals surface area contributed by atoms with E-state index < -0.39 is 0 Å². The molecule has 1 aromatic carbocycles. The number of thioether (sulfide) groups is 1. The number of hydrogen-bond acceptors (Lipinski definition) is 6. The molecule has 2 heterocycles. The third-order valence-electron chi connectivity index (χ3n) is 3.57. The van der Waals surface area contributed by atoms with Crippen molar-refractivity contribution in [1.29, 1.82) is 0 Å². The number of nitrogens with zero attached hydrogens (tertiary/aromatic N) is 2. The Labute approximate surface area is 143 Å².